The van der Waals surface area contributed by atoms with Gasteiger partial charge in [-0.2, -0.15) is 0 Å². The number of phenolic OH excluding ortho intramolecular Hbond substituents is 1. The van der Waals surface area contributed by atoms with Gasteiger partial charge in [0.15, 0.2) is 0 Å². The maximum absolute atomic E-state index is 14.5. The minimum atomic E-state index is -1.07. The van der Waals surface area contributed by atoms with Gasteiger partial charge in [0.1, 0.15) is 29.2 Å². The Morgan fingerprint density at radius 3 is 2.09 bits per heavy atom. The molecule has 2 unspecified atom stereocenters. The van der Waals surface area contributed by atoms with E-state index in [1.54, 1.807) is 64.3 Å². The van der Waals surface area contributed by atoms with Crippen LogP contribution < -0.4 is 15.4 Å². The number of carbonyl (C=O) groups excluding carboxylic acids is 3. The van der Waals surface area contributed by atoms with Crippen LogP contribution in [0.2, 0.25) is 0 Å². The molecule has 3 amide bonds. The zero-order chi connectivity index (χ0) is 31.9. The Balaban J connectivity index is 2.07. The van der Waals surface area contributed by atoms with E-state index in [1.165, 1.54) is 17.0 Å². The van der Waals surface area contributed by atoms with E-state index in [0.29, 0.717) is 22.6 Å². The van der Waals surface area contributed by atoms with Crippen molar-refractivity contribution in [2.24, 2.45) is 0 Å². The number of benzene rings is 3. The molecule has 0 aromatic heterocycles. The number of nitrogens with zero attached hydrogens (tertiary/aromatic N) is 1. The van der Waals surface area contributed by atoms with Gasteiger partial charge >= 0.3 is 6.09 Å². The summed E-state index contributed by atoms with van der Waals surface area (Å²) in [6, 6.07) is 16.6. The molecule has 0 aliphatic carbocycles. The number of aryl methyl sites for hydroxylation is 2. The van der Waals surface area contributed by atoms with Crippen LogP contribution in [0.3, 0.4) is 0 Å². The zero-order valence-electron chi connectivity index (χ0n) is 26.2. The van der Waals surface area contributed by atoms with E-state index in [2.05, 4.69) is 10.6 Å². The Morgan fingerprint density at radius 2 is 1.56 bits per heavy atom. The largest absolute Gasteiger partial charge is 0.508 e. The van der Waals surface area contributed by atoms with Crippen LogP contribution in [0.5, 0.6) is 11.5 Å². The first-order chi connectivity index (χ1) is 20.2. The molecule has 2 atom stereocenters. The fourth-order valence-corrected chi connectivity index (χ4v) is 4.81. The number of carbonyl (C=O) groups is 3. The van der Waals surface area contributed by atoms with Crippen molar-refractivity contribution in [2.45, 2.75) is 78.6 Å². The molecule has 0 aliphatic heterocycles. The average molecular weight is 590 g/mol. The molecule has 0 fully saturated rings. The third kappa shape index (κ3) is 9.23. The molecule has 230 valence electrons. The predicted molar refractivity (Wildman–Crippen MR) is 167 cm³/mol. The maximum Gasteiger partial charge on any atom is 0.408 e. The van der Waals surface area contributed by atoms with Crippen LogP contribution >= 0.6 is 0 Å². The summed E-state index contributed by atoms with van der Waals surface area (Å²) in [6.07, 6.45) is -0.638. The molecule has 3 rings (SSSR count). The van der Waals surface area contributed by atoms with Crippen molar-refractivity contribution < 1.29 is 29.0 Å². The molecule has 0 heterocycles. The van der Waals surface area contributed by atoms with E-state index in [-0.39, 0.29) is 12.2 Å². The number of methoxy groups -OCH3 is 1. The van der Waals surface area contributed by atoms with Gasteiger partial charge in [-0.15, -0.1) is 0 Å². The van der Waals surface area contributed by atoms with E-state index in [4.69, 9.17) is 9.47 Å². The molecule has 9 nitrogen and oxygen atoms in total. The molecule has 3 aromatic carbocycles. The molecule has 0 aliphatic rings. The first kappa shape index (κ1) is 33.0. The standard InChI is InChI=1S/C34H43N3O6/c1-21(2)37(32(40)29(36-33(41)43-34(5,6)7)20-24-10-14-26(38)15-11-24)30(28-18-9-22(3)19-23(28)4)31(39)35-25-12-16-27(42-8)17-13-25/h9-19,21,29-30,38H,20H2,1-8H3,(H,35,39)(H,36,41). The number of anilines is 1. The predicted octanol–water partition coefficient (Wildman–Crippen LogP) is 6.07. The highest BCUT2D eigenvalue weighted by Crippen LogP contribution is 2.30. The van der Waals surface area contributed by atoms with Gasteiger partial charge in [-0.3, -0.25) is 9.59 Å². The Morgan fingerprint density at radius 1 is 0.930 bits per heavy atom. The Labute approximate surface area is 254 Å². The van der Waals surface area contributed by atoms with Crippen molar-refractivity contribution in [3.63, 3.8) is 0 Å². The van der Waals surface area contributed by atoms with Gasteiger partial charge in [-0.05, 0) is 102 Å². The first-order valence-corrected chi connectivity index (χ1v) is 14.3. The summed E-state index contributed by atoms with van der Waals surface area (Å²) >= 11 is 0. The van der Waals surface area contributed by atoms with E-state index >= 15 is 0 Å². The molecule has 3 aromatic rings. The van der Waals surface area contributed by atoms with Crippen LogP contribution in [0.25, 0.3) is 0 Å². The fraction of sp³-hybridized carbons (Fsp3) is 0.382. The number of alkyl carbamates (subject to hydrolysis) is 1. The van der Waals surface area contributed by atoms with Crippen LogP contribution in [0, 0.1) is 13.8 Å². The zero-order valence-corrected chi connectivity index (χ0v) is 26.2. The third-order valence-corrected chi connectivity index (χ3v) is 6.78. The second kappa shape index (κ2) is 14.1. The first-order valence-electron chi connectivity index (χ1n) is 14.3. The molecule has 9 heteroatoms. The smallest absolute Gasteiger partial charge is 0.408 e. The number of hydrogen-bond donors (Lipinski definition) is 3. The highest BCUT2D eigenvalue weighted by molar-refractivity contribution is 5.99. The van der Waals surface area contributed by atoms with Gasteiger partial charge in [0.25, 0.3) is 5.91 Å². The van der Waals surface area contributed by atoms with Crippen molar-refractivity contribution >= 4 is 23.6 Å². The fourth-order valence-electron chi connectivity index (χ4n) is 4.81. The van der Waals surface area contributed by atoms with Crippen LogP contribution in [0.1, 0.15) is 62.9 Å². The number of rotatable bonds is 10. The summed E-state index contributed by atoms with van der Waals surface area (Å²) in [5.74, 6) is -0.127. The van der Waals surface area contributed by atoms with Gasteiger partial charge in [-0.25, -0.2) is 4.79 Å². The average Bonchev–Trinajstić information content (AvgIpc) is 2.91. The number of nitrogens with one attached hydrogen (secondary N) is 2. The molecule has 0 saturated carbocycles. The summed E-state index contributed by atoms with van der Waals surface area (Å²) in [5.41, 5.74) is 3.01. The lowest BCUT2D eigenvalue weighted by Gasteiger charge is -2.38. The SMILES string of the molecule is COc1ccc(NC(=O)C(c2ccc(C)cc2C)N(C(=O)C(Cc2ccc(O)cc2)NC(=O)OC(C)(C)C)C(C)C)cc1. The summed E-state index contributed by atoms with van der Waals surface area (Å²) in [5, 5.41) is 15.5. The lowest BCUT2D eigenvalue weighted by atomic mass is 9.94. The molecule has 0 radical (unpaired) electrons. The van der Waals surface area contributed by atoms with Crippen molar-refractivity contribution in [3.05, 3.63) is 89.0 Å². The monoisotopic (exact) mass is 589 g/mol. The molecule has 0 saturated heterocycles. The molecular weight excluding hydrogens is 546 g/mol. The van der Waals surface area contributed by atoms with Crippen LogP contribution in [0.15, 0.2) is 66.7 Å². The highest BCUT2D eigenvalue weighted by Gasteiger charge is 2.38. The van der Waals surface area contributed by atoms with Crippen molar-refractivity contribution in [2.75, 3.05) is 12.4 Å². The molecule has 0 bridgehead atoms. The lowest BCUT2D eigenvalue weighted by molar-refractivity contribution is -0.142. The Kier molecular flexibility index (Phi) is 10.8. The molecule has 3 N–H and O–H groups in total. The van der Waals surface area contributed by atoms with E-state index in [0.717, 1.165) is 11.1 Å². The minimum Gasteiger partial charge on any atom is -0.508 e. The summed E-state index contributed by atoms with van der Waals surface area (Å²) in [6.45, 7) is 12.8. The normalized spacial score (nSPS) is 12.7. The summed E-state index contributed by atoms with van der Waals surface area (Å²) < 4.78 is 10.7. The van der Waals surface area contributed by atoms with Crippen LogP contribution in [0.4, 0.5) is 10.5 Å². The summed E-state index contributed by atoms with van der Waals surface area (Å²) in [7, 11) is 1.57. The van der Waals surface area contributed by atoms with E-state index in [9.17, 15) is 19.5 Å². The summed E-state index contributed by atoms with van der Waals surface area (Å²) in [4.78, 5) is 43.1. The molecular formula is C34H43N3O6. The van der Waals surface area contributed by atoms with Gasteiger partial charge < -0.3 is 30.1 Å². The van der Waals surface area contributed by atoms with Crippen molar-refractivity contribution in [1.29, 1.82) is 0 Å². The molecule has 0 spiro atoms. The number of ether oxygens (including phenoxy) is 2. The lowest BCUT2D eigenvalue weighted by Crippen LogP contribution is -2.55. The van der Waals surface area contributed by atoms with Gasteiger partial charge in [0.2, 0.25) is 5.91 Å². The van der Waals surface area contributed by atoms with Gasteiger partial charge in [0, 0.05) is 18.2 Å². The van der Waals surface area contributed by atoms with Crippen molar-refractivity contribution in [3.8, 4) is 11.5 Å². The van der Waals surface area contributed by atoms with Crippen LogP contribution in [-0.4, -0.2) is 52.7 Å². The number of amides is 3. The quantitative estimate of drug-likeness (QED) is 0.264. The maximum atomic E-state index is 14.5. The minimum absolute atomic E-state index is 0.0839. The second-order valence-electron chi connectivity index (χ2n) is 11.9. The molecule has 43 heavy (non-hydrogen) atoms. The number of hydrogen-bond acceptors (Lipinski definition) is 6. The van der Waals surface area contributed by atoms with Crippen LogP contribution in [-0.2, 0) is 20.7 Å². The van der Waals surface area contributed by atoms with E-state index < -0.39 is 41.6 Å². The number of phenols is 1. The highest BCUT2D eigenvalue weighted by atomic mass is 16.6. The van der Waals surface area contributed by atoms with Gasteiger partial charge in [0.05, 0.1) is 7.11 Å². The van der Waals surface area contributed by atoms with Gasteiger partial charge in [-0.1, -0.05) is 35.9 Å². The third-order valence-electron chi connectivity index (χ3n) is 6.78. The Bertz CT molecular complexity index is 1410. The van der Waals surface area contributed by atoms with E-state index in [1.807, 2.05) is 45.9 Å². The topological polar surface area (TPSA) is 117 Å². The number of aromatic hydroxyl groups is 1. The van der Waals surface area contributed by atoms with Crippen molar-refractivity contribution in [1.82, 2.24) is 10.2 Å². The Hall–Kier alpha value is -4.53. The second-order valence-corrected chi connectivity index (χ2v) is 11.9.